The van der Waals surface area contributed by atoms with Crippen molar-refractivity contribution in [1.29, 1.82) is 0 Å². The van der Waals surface area contributed by atoms with Crippen LogP contribution in [-0.4, -0.2) is 48.3 Å². The maximum atomic E-state index is 13.4. The Bertz CT molecular complexity index is 1390. The number of hydrogen-bond donors (Lipinski definition) is 0. The number of fused-ring (bicyclic) bond motifs is 3. The molecule has 0 radical (unpaired) electrons. The number of hydrogen-bond acceptors (Lipinski definition) is 5. The van der Waals surface area contributed by atoms with Crippen LogP contribution in [0.3, 0.4) is 0 Å². The van der Waals surface area contributed by atoms with Crippen molar-refractivity contribution in [3.63, 3.8) is 0 Å². The molecule has 176 valence electrons. The van der Waals surface area contributed by atoms with E-state index in [-0.39, 0.29) is 11.5 Å². The molecule has 0 spiro atoms. The molecule has 1 aliphatic rings. The number of carbonyl (C=O) groups is 1. The monoisotopic (exact) mass is 475 g/mol. The highest BCUT2D eigenvalue weighted by Crippen LogP contribution is 2.26. The number of carbonyl (C=O) groups excluding carboxylic acids is 1. The van der Waals surface area contributed by atoms with Gasteiger partial charge in [-0.25, -0.2) is 4.57 Å². The van der Waals surface area contributed by atoms with E-state index in [1.54, 1.807) is 4.57 Å². The SMILES string of the molecule is CCN(C(=O)CSc1nnc2n(-c3ccc(C)cc3)c(=O)c3ccccc3n12)C1CCCCC1. The molecular formula is C26H29N5O2S. The van der Waals surface area contributed by atoms with Crippen LogP contribution in [-0.2, 0) is 4.79 Å². The molecule has 0 saturated heterocycles. The summed E-state index contributed by atoms with van der Waals surface area (Å²) >= 11 is 1.38. The van der Waals surface area contributed by atoms with Crippen LogP contribution in [0.1, 0.15) is 44.6 Å². The summed E-state index contributed by atoms with van der Waals surface area (Å²) in [6.45, 7) is 4.79. The molecule has 0 bridgehead atoms. The van der Waals surface area contributed by atoms with Crippen LogP contribution in [0.25, 0.3) is 22.4 Å². The Hall–Kier alpha value is -3.13. The molecule has 1 saturated carbocycles. The summed E-state index contributed by atoms with van der Waals surface area (Å²) in [6, 6.07) is 15.6. The van der Waals surface area contributed by atoms with Crippen LogP contribution in [0.5, 0.6) is 0 Å². The molecule has 0 unspecified atom stereocenters. The van der Waals surface area contributed by atoms with Crippen molar-refractivity contribution >= 4 is 34.3 Å². The lowest BCUT2D eigenvalue weighted by atomic mass is 9.94. The molecule has 0 atom stereocenters. The molecule has 1 aliphatic carbocycles. The first-order chi connectivity index (χ1) is 16.6. The lowest BCUT2D eigenvalue weighted by Gasteiger charge is -2.33. The third-order valence-electron chi connectivity index (χ3n) is 6.69. The Labute approximate surface area is 202 Å². The standard InChI is InChI=1S/C26H29N5O2S/c1-3-29(19-9-5-4-6-10-19)23(32)17-34-26-28-27-25-30(20-15-13-18(2)14-16-20)24(33)21-11-7-8-12-22(21)31(25)26/h7-8,11-16,19H,3-6,9-10,17H2,1-2H3. The molecule has 2 heterocycles. The van der Waals surface area contributed by atoms with Crippen LogP contribution in [0.15, 0.2) is 58.5 Å². The topological polar surface area (TPSA) is 72.5 Å². The van der Waals surface area contributed by atoms with Gasteiger partial charge in [-0.05, 0) is 51.0 Å². The average molecular weight is 476 g/mol. The second kappa shape index (κ2) is 9.62. The zero-order valence-electron chi connectivity index (χ0n) is 19.6. The molecule has 34 heavy (non-hydrogen) atoms. The van der Waals surface area contributed by atoms with Crippen molar-refractivity contribution < 1.29 is 4.79 Å². The van der Waals surface area contributed by atoms with Crippen LogP contribution in [0.4, 0.5) is 0 Å². The number of rotatable bonds is 6. The summed E-state index contributed by atoms with van der Waals surface area (Å²) < 4.78 is 3.49. The van der Waals surface area contributed by atoms with Gasteiger partial charge in [0.2, 0.25) is 11.7 Å². The minimum absolute atomic E-state index is 0.132. The zero-order valence-corrected chi connectivity index (χ0v) is 20.4. The zero-order chi connectivity index (χ0) is 23.7. The third-order valence-corrected chi connectivity index (χ3v) is 7.60. The number of nitrogens with zero attached hydrogens (tertiary/aromatic N) is 5. The average Bonchev–Trinajstić information content (AvgIpc) is 3.29. The second-order valence-electron chi connectivity index (χ2n) is 8.87. The van der Waals surface area contributed by atoms with E-state index in [2.05, 4.69) is 17.1 Å². The van der Waals surface area contributed by atoms with Gasteiger partial charge in [-0.15, -0.1) is 10.2 Å². The molecule has 0 N–H and O–H groups in total. The molecule has 2 aromatic carbocycles. The van der Waals surface area contributed by atoms with Gasteiger partial charge in [0, 0.05) is 12.6 Å². The summed E-state index contributed by atoms with van der Waals surface area (Å²) in [4.78, 5) is 28.6. The van der Waals surface area contributed by atoms with Gasteiger partial charge in [-0.3, -0.25) is 14.0 Å². The first kappa shape index (κ1) is 22.7. The molecule has 4 aromatic rings. The summed E-state index contributed by atoms with van der Waals surface area (Å²) in [5.74, 6) is 0.873. The Kier molecular flexibility index (Phi) is 6.41. The second-order valence-corrected chi connectivity index (χ2v) is 9.81. The van der Waals surface area contributed by atoms with E-state index >= 15 is 0 Å². The fraction of sp³-hybridized carbons (Fsp3) is 0.385. The van der Waals surface area contributed by atoms with Crippen molar-refractivity contribution in [3.8, 4) is 5.69 Å². The molecule has 8 heteroatoms. The fourth-order valence-corrected chi connectivity index (χ4v) is 5.76. The summed E-state index contributed by atoms with van der Waals surface area (Å²) in [5, 5.41) is 9.99. The van der Waals surface area contributed by atoms with Crippen molar-refractivity contribution in [2.75, 3.05) is 12.3 Å². The third kappa shape index (κ3) is 4.11. The van der Waals surface area contributed by atoms with Gasteiger partial charge in [-0.2, -0.15) is 0 Å². The van der Waals surface area contributed by atoms with Gasteiger partial charge in [0.25, 0.3) is 5.56 Å². The van der Waals surface area contributed by atoms with E-state index in [9.17, 15) is 9.59 Å². The number of para-hydroxylation sites is 1. The number of aromatic nitrogens is 4. The Balaban J connectivity index is 1.53. The fourth-order valence-electron chi connectivity index (χ4n) is 4.94. The number of benzene rings is 2. The summed E-state index contributed by atoms with van der Waals surface area (Å²) in [6.07, 6.45) is 5.83. The predicted molar refractivity (Wildman–Crippen MR) is 136 cm³/mol. The van der Waals surface area contributed by atoms with Crippen LogP contribution in [0.2, 0.25) is 0 Å². The van der Waals surface area contributed by atoms with Crippen molar-refractivity contribution in [2.24, 2.45) is 0 Å². The van der Waals surface area contributed by atoms with Gasteiger partial charge in [-0.1, -0.05) is 60.9 Å². The highest BCUT2D eigenvalue weighted by atomic mass is 32.2. The van der Waals surface area contributed by atoms with Gasteiger partial charge >= 0.3 is 0 Å². The van der Waals surface area contributed by atoms with E-state index in [4.69, 9.17) is 0 Å². The molecule has 0 aliphatic heterocycles. The Morgan fingerprint density at radius 1 is 1.06 bits per heavy atom. The van der Waals surface area contributed by atoms with Crippen LogP contribution >= 0.6 is 11.8 Å². The first-order valence-electron chi connectivity index (χ1n) is 12.0. The predicted octanol–water partition coefficient (Wildman–Crippen LogP) is 4.62. The first-order valence-corrected chi connectivity index (χ1v) is 12.9. The molecular weight excluding hydrogens is 446 g/mol. The molecule has 1 fully saturated rings. The molecule has 1 amide bonds. The maximum Gasteiger partial charge on any atom is 0.267 e. The molecule has 7 nitrogen and oxygen atoms in total. The quantitative estimate of drug-likeness (QED) is 0.381. The van der Waals surface area contributed by atoms with Gasteiger partial charge in [0.15, 0.2) is 5.16 Å². The summed E-state index contributed by atoms with van der Waals surface area (Å²) in [7, 11) is 0. The van der Waals surface area contributed by atoms with Crippen molar-refractivity contribution in [1.82, 2.24) is 24.1 Å². The van der Waals surface area contributed by atoms with E-state index < -0.39 is 0 Å². The minimum Gasteiger partial charge on any atom is -0.339 e. The molecule has 2 aromatic heterocycles. The Morgan fingerprint density at radius 3 is 2.53 bits per heavy atom. The van der Waals surface area contributed by atoms with Crippen molar-refractivity contribution in [3.05, 3.63) is 64.4 Å². The van der Waals surface area contributed by atoms with Crippen LogP contribution < -0.4 is 5.56 Å². The lowest BCUT2D eigenvalue weighted by molar-refractivity contribution is -0.131. The normalized spacial score (nSPS) is 14.6. The smallest absolute Gasteiger partial charge is 0.267 e. The van der Waals surface area contributed by atoms with Crippen LogP contribution in [0, 0.1) is 6.92 Å². The number of amides is 1. The number of aryl methyl sites for hydroxylation is 1. The summed E-state index contributed by atoms with van der Waals surface area (Å²) in [5.41, 5.74) is 2.45. The van der Waals surface area contributed by atoms with Crippen molar-refractivity contribution in [2.45, 2.75) is 57.1 Å². The largest absolute Gasteiger partial charge is 0.339 e. The van der Waals surface area contributed by atoms with Gasteiger partial charge in [0.1, 0.15) is 0 Å². The van der Waals surface area contributed by atoms with Gasteiger partial charge < -0.3 is 4.90 Å². The minimum atomic E-state index is -0.138. The van der Waals surface area contributed by atoms with E-state index in [0.717, 1.165) is 36.2 Å². The Morgan fingerprint density at radius 2 is 1.79 bits per heavy atom. The highest BCUT2D eigenvalue weighted by molar-refractivity contribution is 7.99. The van der Waals surface area contributed by atoms with E-state index in [1.807, 2.05) is 64.8 Å². The highest BCUT2D eigenvalue weighted by Gasteiger charge is 2.25. The lowest BCUT2D eigenvalue weighted by Crippen LogP contribution is -2.42. The van der Waals surface area contributed by atoms with E-state index in [1.165, 1.54) is 31.0 Å². The van der Waals surface area contributed by atoms with Gasteiger partial charge in [0.05, 0.1) is 22.3 Å². The maximum absolute atomic E-state index is 13.4. The van der Waals surface area contributed by atoms with E-state index in [0.29, 0.717) is 28.1 Å². The number of thioether (sulfide) groups is 1. The molecule has 5 rings (SSSR count).